The first-order valence-corrected chi connectivity index (χ1v) is 7.99. The summed E-state index contributed by atoms with van der Waals surface area (Å²) in [6, 6.07) is 0. The molecule has 0 aromatic heterocycles. The molecule has 1 fully saturated rings. The molecule has 5 atom stereocenters. The molecule has 0 amide bonds. The molecule has 0 aromatic carbocycles. The van der Waals surface area contributed by atoms with Crippen molar-refractivity contribution in [3.8, 4) is 0 Å². The lowest BCUT2D eigenvalue weighted by atomic mass is 9.98. The van der Waals surface area contributed by atoms with Crippen molar-refractivity contribution in [1.82, 2.24) is 0 Å². The van der Waals surface area contributed by atoms with Gasteiger partial charge in [-0.25, -0.2) is 0 Å². The maximum Gasteiger partial charge on any atom is 0.305 e. The van der Waals surface area contributed by atoms with Crippen LogP contribution < -0.4 is 0 Å². The van der Waals surface area contributed by atoms with Gasteiger partial charge in [0.15, 0.2) is 12.2 Å². The molecule has 1 aliphatic heterocycles. The van der Waals surface area contributed by atoms with Crippen LogP contribution in [0.25, 0.3) is 0 Å². The quantitative estimate of drug-likeness (QED) is 0.433. The topological polar surface area (TPSA) is 141 Å². The van der Waals surface area contributed by atoms with Crippen molar-refractivity contribution >= 4 is 29.8 Å². The van der Waals surface area contributed by atoms with Gasteiger partial charge in [0.2, 0.25) is 12.4 Å². The van der Waals surface area contributed by atoms with Crippen molar-refractivity contribution in [2.75, 3.05) is 6.61 Å². The Balaban J connectivity index is 3.29. The number of carbonyl (C=O) groups excluding carboxylic acids is 5. The Morgan fingerprint density at radius 2 is 1.07 bits per heavy atom. The summed E-state index contributed by atoms with van der Waals surface area (Å²) in [5.41, 5.74) is 0. The molecule has 0 aliphatic carbocycles. The molecule has 1 heterocycles. The zero-order chi connectivity index (χ0) is 20.7. The fourth-order valence-electron chi connectivity index (χ4n) is 2.45. The Hall–Kier alpha value is -2.69. The predicted octanol–water partition coefficient (Wildman–Crippen LogP) is -0.367. The molecule has 0 N–H and O–H groups in total. The summed E-state index contributed by atoms with van der Waals surface area (Å²) in [4.78, 5) is 57.0. The lowest BCUT2D eigenvalue weighted by molar-refractivity contribution is -0.300. The van der Waals surface area contributed by atoms with Crippen molar-refractivity contribution in [2.24, 2.45) is 0 Å². The lowest BCUT2D eigenvalue weighted by Gasteiger charge is -2.43. The van der Waals surface area contributed by atoms with Gasteiger partial charge in [0, 0.05) is 34.6 Å². The summed E-state index contributed by atoms with van der Waals surface area (Å²) in [5, 5.41) is 0. The largest absolute Gasteiger partial charge is 0.463 e. The second-order valence-electron chi connectivity index (χ2n) is 5.68. The van der Waals surface area contributed by atoms with Gasteiger partial charge in [-0.2, -0.15) is 0 Å². The molecule has 27 heavy (non-hydrogen) atoms. The third kappa shape index (κ3) is 7.21. The van der Waals surface area contributed by atoms with Crippen molar-refractivity contribution in [3.05, 3.63) is 0 Å². The zero-order valence-corrected chi connectivity index (χ0v) is 15.6. The number of carbonyl (C=O) groups is 5. The van der Waals surface area contributed by atoms with Crippen molar-refractivity contribution < 1.29 is 52.4 Å². The summed E-state index contributed by atoms with van der Waals surface area (Å²) in [6.45, 7) is 5.13. The second kappa shape index (κ2) is 9.86. The molecule has 1 saturated heterocycles. The summed E-state index contributed by atoms with van der Waals surface area (Å²) >= 11 is 0. The summed E-state index contributed by atoms with van der Waals surface area (Å²) in [5.74, 6) is -3.71. The van der Waals surface area contributed by atoms with Gasteiger partial charge in [-0.05, 0) is 0 Å². The van der Waals surface area contributed by atoms with Crippen LogP contribution in [0, 0.1) is 0 Å². The Morgan fingerprint density at radius 3 is 1.52 bits per heavy atom. The normalized spacial score (nSPS) is 27.1. The number of rotatable bonds is 6. The third-order valence-electron chi connectivity index (χ3n) is 3.23. The molecular weight excluding hydrogens is 368 g/mol. The Kier molecular flexibility index (Phi) is 8.16. The number of esters is 5. The average Bonchev–Trinajstić information content (AvgIpc) is 2.49. The number of ether oxygens (including phenoxy) is 6. The van der Waals surface area contributed by atoms with Gasteiger partial charge < -0.3 is 28.4 Å². The Bertz CT molecular complexity index is 599. The van der Waals surface area contributed by atoms with Gasteiger partial charge in [-0.1, -0.05) is 0 Å². The Morgan fingerprint density at radius 1 is 0.630 bits per heavy atom. The minimum Gasteiger partial charge on any atom is -0.463 e. The molecule has 0 saturated carbocycles. The van der Waals surface area contributed by atoms with E-state index in [9.17, 15) is 24.0 Å². The van der Waals surface area contributed by atoms with Gasteiger partial charge in [0.05, 0.1) is 0 Å². The van der Waals surface area contributed by atoms with Crippen LogP contribution in [0.2, 0.25) is 0 Å². The third-order valence-corrected chi connectivity index (χ3v) is 3.23. The smallest absolute Gasteiger partial charge is 0.305 e. The average molecular weight is 390 g/mol. The van der Waals surface area contributed by atoms with E-state index in [4.69, 9.17) is 28.4 Å². The van der Waals surface area contributed by atoms with Crippen LogP contribution in [-0.4, -0.2) is 67.2 Å². The summed E-state index contributed by atoms with van der Waals surface area (Å²) in [7, 11) is 0. The molecule has 0 bridgehead atoms. The van der Waals surface area contributed by atoms with Crippen molar-refractivity contribution in [3.63, 3.8) is 0 Å². The van der Waals surface area contributed by atoms with E-state index < -0.39 is 67.2 Å². The first kappa shape index (κ1) is 22.4. The van der Waals surface area contributed by atoms with E-state index >= 15 is 0 Å². The van der Waals surface area contributed by atoms with Crippen LogP contribution >= 0.6 is 0 Å². The number of hydrogen-bond acceptors (Lipinski definition) is 11. The maximum absolute atomic E-state index is 11.5. The first-order chi connectivity index (χ1) is 12.5. The van der Waals surface area contributed by atoms with Gasteiger partial charge in [0.25, 0.3) is 0 Å². The summed E-state index contributed by atoms with van der Waals surface area (Å²) < 4.78 is 30.8. The Labute approximate surface area is 155 Å². The first-order valence-electron chi connectivity index (χ1n) is 7.99. The SMILES string of the molecule is CC(=O)OC[C@H]1O[C@@H](OC(C)=O)[C@H](OC(C)=O)C(OC(C)=O)[C@@H]1OC(C)=O. The molecule has 1 unspecified atom stereocenters. The van der Waals surface area contributed by atoms with E-state index in [0.29, 0.717) is 0 Å². The summed E-state index contributed by atoms with van der Waals surface area (Å²) in [6.07, 6.45) is -6.70. The van der Waals surface area contributed by atoms with Crippen LogP contribution in [0.4, 0.5) is 0 Å². The molecule has 11 heteroatoms. The molecule has 11 nitrogen and oxygen atoms in total. The van der Waals surface area contributed by atoms with Crippen LogP contribution in [-0.2, 0) is 52.4 Å². The van der Waals surface area contributed by atoms with Crippen molar-refractivity contribution in [1.29, 1.82) is 0 Å². The van der Waals surface area contributed by atoms with Crippen LogP contribution in [0.1, 0.15) is 34.6 Å². The fraction of sp³-hybridized carbons (Fsp3) is 0.688. The van der Waals surface area contributed by atoms with Crippen molar-refractivity contribution in [2.45, 2.75) is 65.3 Å². The molecule has 1 rings (SSSR count). The fourth-order valence-corrected chi connectivity index (χ4v) is 2.45. The predicted molar refractivity (Wildman–Crippen MR) is 83.7 cm³/mol. The van der Waals surface area contributed by atoms with Crippen LogP contribution in [0.5, 0.6) is 0 Å². The molecule has 152 valence electrons. The monoisotopic (exact) mass is 390 g/mol. The van der Waals surface area contributed by atoms with E-state index in [2.05, 4.69) is 0 Å². The van der Waals surface area contributed by atoms with E-state index in [1.165, 1.54) is 0 Å². The van der Waals surface area contributed by atoms with Crippen LogP contribution in [0.3, 0.4) is 0 Å². The van der Waals surface area contributed by atoms with E-state index in [1.54, 1.807) is 0 Å². The zero-order valence-electron chi connectivity index (χ0n) is 15.6. The highest BCUT2D eigenvalue weighted by molar-refractivity contribution is 5.69. The highest BCUT2D eigenvalue weighted by atomic mass is 16.7. The lowest BCUT2D eigenvalue weighted by Crippen LogP contribution is -2.63. The molecule has 0 aromatic rings. The van der Waals surface area contributed by atoms with Gasteiger partial charge in [0.1, 0.15) is 12.7 Å². The number of hydrogen-bond donors (Lipinski definition) is 0. The minimum atomic E-state index is -1.48. The van der Waals surface area contributed by atoms with Gasteiger partial charge in [-0.3, -0.25) is 24.0 Å². The van der Waals surface area contributed by atoms with E-state index in [1.807, 2.05) is 0 Å². The standard InChI is InChI=1S/C16H22O11/c1-7(17)22-6-12-13(23-8(2)18)14(24-9(3)19)15(25-10(4)20)16(27-12)26-11(5)21/h12-16H,6H2,1-5H3/t12-,13-,14?,15-,16-/m1/s1. The maximum atomic E-state index is 11.5. The van der Waals surface area contributed by atoms with Crippen LogP contribution in [0.15, 0.2) is 0 Å². The second-order valence-corrected chi connectivity index (χ2v) is 5.68. The minimum absolute atomic E-state index is 0.393. The van der Waals surface area contributed by atoms with E-state index in [0.717, 1.165) is 34.6 Å². The van der Waals surface area contributed by atoms with Gasteiger partial charge in [-0.15, -0.1) is 0 Å². The highest BCUT2D eigenvalue weighted by Crippen LogP contribution is 2.29. The molecule has 1 aliphatic rings. The molecule has 0 radical (unpaired) electrons. The van der Waals surface area contributed by atoms with E-state index in [-0.39, 0.29) is 0 Å². The van der Waals surface area contributed by atoms with Gasteiger partial charge >= 0.3 is 29.8 Å². The highest BCUT2D eigenvalue weighted by Gasteiger charge is 2.53. The molecular formula is C16H22O11. The molecule has 0 spiro atoms.